The van der Waals surface area contributed by atoms with Gasteiger partial charge >= 0.3 is 0 Å². The number of nitrogens with two attached hydrogens (primary N) is 1. The number of hydrogen-bond donors (Lipinski definition) is 1. The first-order valence-electron chi connectivity index (χ1n) is 6.61. The summed E-state index contributed by atoms with van der Waals surface area (Å²) in [5.74, 6) is 0. The van der Waals surface area contributed by atoms with Crippen molar-refractivity contribution in [3.05, 3.63) is 42.4 Å². The highest BCUT2D eigenvalue weighted by Crippen LogP contribution is 2.38. The van der Waals surface area contributed by atoms with Crippen LogP contribution in [0.2, 0.25) is 0 Å². The number of imidazole rings is 1. The molecule has 1 aliphatic rings. The Labute approximate surface area is 108 Å². The quantitative estimate of drug-likeness (QED) is 0.894. The lowest BCUT2D eigenvalue weighted by Gasteiger charge is -2.13. The van der Waals surface area contributed by atoms with E-state index in [1.165, 1.54) is 29.7 Å². The SMILES string of the molecule is CC(N)Cc1ccccc1-c1cncn1C1CC1. The molecule has 1 atom stereocenters. The summed E-state index contributed by atoms with van der Waals surface area (Å²) in [5.41, 5.74) is 9.76. The van der Waals surface area contributed by atoms with Gasteiger partial charge in [-0.2, -0.15) is 0 Å². The van der Waals surface area contributed by atoms with E-state index in [1.807, 2.05) is 12.5 Å². The third kappa shape index (κ3) is 2.18. The molecule has 0 spiro atoms. The number of nitrogens with zero attached hydrogens (tertiary/aromatic N) is 2. The van der Waals surface area contributed by atoms with Crippen LogP contribution in [0.4, 0.5) is 0 Å². The van der Waals surface area contributed by atoms with Crippen LogP contribution in [0.15, 0.2) is 36.8 Å². The van der Waals surface area contributed by atoms with Gasteiger partial charge in [-0.3, -0.25) is 0 Å². The Morgan fingerprint density at radius 1 is 1.39 bits per heavy atom. The van der Waals surface area contributed by atoms with Gasteiger partial charge < -0.3 is 10.3 Å². The Balaban J connectivity index is 2.02. The Bertz CT molecular complexity index is 538. The molecule has 1 heterocycles. The number of benzene rings is 1. The summed E-state index contributed by atoms with van der Waals surface area (Å²) < 4.78 is 2.31. The van der Waals surface area contributed by atoms with Crippen LogP contribution in [-0.4, -0.2) is 15.6 Å². The minimum Gasteiger partial charge on any atom is -0.328 e. The molecule has 3 nitrogen and oxygen atoms in total. The minimum atomic E-state index is 0.184. The van der Waals surface area contributed by atoms with Gasteiger partial charge in [-0.1, -0.05) is 24.3 Å². The summed E-state index contributed by atoms with van der Waals surface area (Å²) in [6.07, 6.45) is 7.39. The van der Waals surface area contributed by atoms with Crippen molar-refractivity contribution in [1.29, 1.82) is 0 Å². The minimum absolute atomic E-state index is 0.184. The lowest BCUT2D eigenvalue weighted by molar-refractivity contribution is 0.730. The average molecular weight is 241 g/mol. The largest absolute Gasteiger partial charge is 0.328 e. The number of aromatic nitrogens is 2. The molecule has 1 unspecified atom stereocenters. The maximum atomic E-state index is 5.93. The molecular weight excluding hydrogens is 222 g/mol. The molecule has 2 N–H and O–H groups in total. The van der Waals surface area contributed by atoms with Crippen LogP contribution in [0, 0.1) is 0 Å². The van der Waals surface area contributed by atoms with E-state index in [1.54, 1.807) is 0 Å². The van der Waals surface area contributed by atoms with Gasteiger partial charge in [0.25, 0.3) is 0 Å². The van der Waals surface area contributed by atoms with Crippen LogP contribution in [0.25, 0.3) is 11.3 Å². The molecule has 3 rings (SSSR count). The fraction of sp³-hybridized carbons (Fsp3) is 0.400. The zero-order chi connectivity index (χ0) is 12.5. The van der Waals surface area contributed by atoms with Gasteiger partial charge in [-0.15, -0.1) is 0 Å². The van der Waals surface area contributed by atoms with Gasteiger partial charge in [0.2, 0.25) is 0 Å². The zero-order valence-corrected chi connectivity index (χ0v) is 10.7. The number of rotatable bonds is 4. The molecule has 18 heavy (non-hydrogen) atoms. The van der Waals surface area contributed by atoms with E-state index >= 15 is 0 Å². The second-order valence-electron chi connectivity index (χ2n) is 5.26. The van der Waals surface area contributed by atoms with Crippen molar-refractivity contribution in [2.24, 2.45) is 5.73 Å². The van der Waals surface area contributed by atoms with E-state index in [0.29, 0.717) is 6.04 Å². The van der Waals surface area contributed by atoms with E-state index in [0.717, 1.165) is 6.42 Å². The molecule has 1 saturated carbocycles. The standard InChI is InChI=1S/C15H19N3/c1-11(16)8-12-4-2-3-5-14(12)15-9-17-10-18(15)13-6-7-13/h2-5,9-11,13H,6-8,16H2,1H3. The van der Waals surface area contributed by atoms with Crippen molar-refractivity contribution >= 4 is 0 Å². The fourth-order valence-electron chi connectivity index (χ4n) is 2.45. The van der Waals surface area contributed by atoms with E-state index in [2.05, 4.69) is 40.7 Å². The molecule has 94 valence electrons. The second kappa shape index (κ2) is 4.58. The summed E-state index contributed by atoms with van der Waals surface area (Å²) in [7, 11) is 0. The normalized spacial score (nSPS) is 16.8. The van der Waals surface area contributed by atoms with Crippen LogP contribution >= 0.6 is 0 Å². The Morgan fingerprint density at radius 2 is 2.17 bits per heavy atom. The smallest absolute Gasteiger partial charge is 0.0953 e. The zero-order valence-electron chi connectivity index (χ0n) is 10.7. The summed E-state index contributed by atoms with van der Waals surface area (Å²) >= 11 is 0. The van der Waals surface area contributed by atoms with Gasteiger partial charge in [-0.05, 0) is 31.7 Å². The van der Waals surface area contributed by atoms with Crippen molar-refractivity contribution in [3.63, 3.8) is 0 Å². The van der Waals surface area contributed by atoms with Crippen molar-refractivity contribution in [2.45, 2.75) is 38.3 Å². The highest BCUT2D eigenvalue weighted by atomic mass is 15.1. The average Bonchev–Trinajstić information content (AvgIpc) is 3.08. The topological polar surface area (TPSA) is 43.8 Å². The van der Waals surface area contributed by atoms with Crippen molar-refractivity contribution in [1.82, 2.24) is 9.55 Å². The van der Waals surface area contributed by atoms with E-state index in [9.17, 15) is 0 Å². The Hall–Kier alpha value is -1.61. The number of hydrogen-bond acceptors (Lipinski definition) is 2. The van der Waals surface area contributed by atoms with Crippen LogP contribution in [0.5, 0.6) is 0 Å². The molecule has 3 heteroatoms. The second-order valence-corrected chi connectivity index (χ2v) is 5.26. The molecule has 0 aliphatic heterocycles. The van der Waals surface area contributed by atoms with Crippen molar-refractivity contribution in [2.75, 3.05) is 0 Å². The van der Waals surface area contributed by atoms with Gasteiger partial charge in [-0.25, -0.2) is 4.98 Å². The van der Waals surface area contributed by atoms with Gasteiger partial charge in [0.1, 0.15) is 0 Å². The third-order valence-corrected chi connectivity index (χ3v) is 3.44. The summed E-state index contributed by atoms with van der Waals surface area (Å²) in [6.45, 7) is 2.05. The maximum Gasteiger partial charge on any atom is 0.0953 e. The third-order valence-electron chi connectivity index (χ3n) is 3.44. The fourth-order valence-corrected chi connectivity index (χ4v) is 2.45. The molecule has 1 aliphatic carbocycles. The summed E-state index contributed by atoms with van der Waals surface area (Å²) in [6, 6.07) is 9.36. The van der Waals surface area contributed by atoms with Crippen LogP contribution in [-0.2, 0) is 6.42 Å². The van der Waals surface area contributed by atoms with Crippen LogP contribution < -0.4 is 5.73 Å². The highest BCUT2D eigenvalue weighted by molar-refractivity contribution is 5.64. The molecular formula is C15H19N3. The predicted molar refractivity (Wildman–Crippen MR) is 73.3 cm³/mol. The monoisotopic (exact) mass is 241 g/mol. The van der Waals surface area contributed by atoms with Crippen LogP contribution in [0.3, 0.4) is 0 Å². The molecule has 0 amide bonds. The van der Waals surface area contributed by atoms with E-state index in [4.69, 9.17) is 5.73 Å². The lowest BCUT2D eigenvalue weighted by Crippen LogP contribution is -2.18. The molecule has 1 aromatic heterocycles. The Morgan fingerprint density at radius 3 is 2.89 bits per heavy atom. The van der Waals surface area contributed by atoms with E-state index in [-0.39, 0.29) is 6.04 Å². The first kappa shape index (κ1) is 11.5. The molecule has 1 fully saturated rings. The first-order chi connectivity index (χ1) is 8.75. The van der Waals surface area contributed by atoms with Crippen molar-refractivity contribution in [3.8, 4) is 11.3 Å². The summed E-state index contributed by atoms with van der Waals surface area (Å²) in [4.78, 5) is 4.31. The van der Waals surface area contributed by atoms with Gasteiger partial charge in [0.05, 0.1) is 18.2 Å². The van der Waals surface area contributed by atoms with Crippen LogP contribution in [0.1, 0.15) is 31.4 Å². The predicted octanol–water partition coefficient (Wildman–Crippen LogP) is 2.77. The van der Waals surface area contributed by atoms with Gasteiger partial charge in [0.15, 0.2) is 0 Å². The van der Waals surface area contributed by atoms with Gasteiger partial charge in [0, 0.05) is 17.6 Å². The Kier molecular flexibility index (Phi) is 2.92. The molecule has 2 aromatic rings. The summed E-state index contributed by atoms with van der Waals surface area (Å²) in [5, 5.41) is 0. The lowest BCUT2D eigenvalue weighted by atomic mass is 9.99. The maximum absolute atomic E-state index is 5.93. The van der Waals surface area contributed by atoms with Crippen molar-refractivity contribution < 1.29 is 0 Å². The molecule has 0 saturated heterocycles. The molecule has 0 radical (unpaired) electrons. The molecule has 0 bridgehead atoms. The highest BCUT2D eigenvalue weighted by Gasteiger charge is 2.26. The van der Waals surface area contributed by atoms with E-state index < -0.39 is 0 Å². The first-order valence-corrected chi connectivity index (χ1v) is 6.61. The molecule has 1 aromatic carbocycles.